The fourth-order valence-corrected chi connectivity index (χ4v) is 2.06. The van der Waals surface area contributed by atoms with Gasteiger partial charge in [-0.05, 0) is 0 Å². The Bertz CT molecular complexity index is 219. The lowest BCUT2D eigenvalue weighted by molar-refractivity contribution is -0.223. The van der Waals surface area contributed by atoms with Crippen molar-refractivity contribution < 1.29 is 14.3 Å². The van der Waals surface area contributed by atoms with Crippen LogP contribution in [-0.2, 0) is 14.3 Å². The minimum Gasteiger partial charge on any atom is -0.379 e. The minimum absolute atomic E-state index is 0.0591. The number of nitrogens with zero attached hydrogens (tertiary/aromatic N) is 3. The molecular formula is C10H19N3O3. The standard InChI is InChI=1S/C10H19N3O3/c1-10(14)13(11-2-6-15-7-3-11)12-4-8-16-9-5-12/h2-9H2,1H3. The van der Waals surface area contributed by atoms with Crippen molar-refractivity contribution in [3.63, 3.8) is 0 Å². The van der Waals surface area contributed by atoms with Gasteiger partial charge in [-0.25, -0.2) is 5.12 Å². The Labute approximate surface area is 95.6 Å². The first-order chi connectivity index (χ1) is 7.79. The third-order valence-corrected chi connectivity index (χ3v) is 2.79. The lowest BCUT2D eigenvalue weighted by atomic mass is 10.4. The van der Waals surface area contributed by atoms with E-state index in [0.717, 1.165) is 26.2 Å². The second-order valence-corrected chi connectivity index (χ2v) is 3.94. The summed E-state index contributed by atoms with van der Waals surface area (Å²) in [7, 11) is 0. The van der Waals surface area contributed by atoms with E-state index in [4.69, 9.17) is 9.47 Å². The molecule has 0 aromatic rings. The van der Waals surface area contributed by atoms with Crippen LogP contribution in [0.5, 0.6) is 0 Å². The summed E-state index contributed by atoms with van der Waals surface area (Å²) in [4.78, 5) is 11.7. The fourth-order valence-electron chi connectivity index (χ4n) is 2.06. The molecule has 0 spiro atoms. The molecule has 92 valence electrons. The molecule has 0 N–H and O–H groups in total. The number of hydrogen-bond acceptors (Lipinski definition) is 5. The van der Waals surface area contributed by atoms with Crippen molar-refractivity contribution in [2.24, 2.45) is 0 Å². The van der Waals surface area contributed by atoms with Crippen LogP contribution in [0.1, 0.15) is 6.92 Å². The first-order valence-electron chi connectivity index (χ1n) is 5.75. The molecule has 0 aliphatic carbocycles. The predicted octanol–water partition coefficient (Wildman–Crippen LogP) is -0.671. The first kappa shape index (κ1) is 11.8. The molecule has 2 aliphatic heterocycles. The van der Waals surface area contributed by atoms with Crippen molar-refractivity contribution in [1.82, 2.24) is 15.1 Å². The molecule has 0 unspecified atom stereocenters. The summed E-state index contributed by atoms with van der Waals surface area (Å²) >= 11 is 0. The zero-order chi connectivity index (χ0) is 11.4. The largest absolute Gasteiger partial charge is 0.379 e. The van der Waals surface area contributed by atoms with Gasteiger partial charge < -0.3 is 9.47 Å². The summed E-state index contributed by atoms with van der Waals surface area (Å²) in [6, 6.07) is 0. The summed E-state index contributed by atoms with van der Waals surface area (Å²) in [5.74, 6) is 0.0591. The van der Waals surface area contributed by atoms with Crippen molar-refractivity contribution in [3.05, 3.63) is 0 Å². The Morgan fingerprint density at radius 1 is 0.938 bits per heavy atom. The van der Waals surface area contributed by atoms with Crippen LogP contribution in [0.15, 0.2) is 0 Å². The van der Waals surface area contributed by atoms with E-state index in [-0.39, 0.29) is 5.91 Å². The summed E-state index contributed by atoms with van der Waals surface area (Å²) in [6.45, 7) is 7.46. The van der Waals surface area contributed by atoms with E-state index in [1.54, 1.807) is 12.0 Å². The molecule has 2 aliphatic rings. The maximum absolute atomic E-state index is 11.7. The highest BCUT2D eigenvalue weighted by molar-refractivity contribution is 5.72. The molecule has 6 heteroatoms. The topological polar surface area (TPSA) is 45.2 Å². The van der Waals surface area contributed by atoms with Gasteiger partial charge in [-0.2, -0.15) is 10.0 Å². The van der Waals surface area contributed by atoms with Crippen molar-refractivity contribution >= 4 is 5.91 Å². The highest BCUT2D eigenvalue weighted by atomic mass is 16.5. The van der Waals surface area contributed by atoms with Gasteiger partial charge in [0.1, 0.15) is 0 Å². The molecule has 6 nitrogen and oxygen atoms in total. The maximum atomic E-state index is 11.7. The minimum atomic E-state index is 0.0591. The van der Waals surface area contributed by atoms with Gasteiger partial charge in [-0.3, -0.25) is 4.79 Å². The molecule has 2 saturated heterocycles. The Morgan fingerprint density at radius 3 is 1.62 bits per heavy atom. The number of rotatable bonds is 2. The Morgan fingerprint density at radius 2 is 1.31 bits per heavy atom. The van der Waals surface area contributed by atoms with Crippen LogP contribution in [0.4, 0.5) is 0 Å². The average Bonchev–Trinajstić information content (AvgIpc) is 2.31. The van der Waals surface area contributed by atoms with Crippen LogP contribution in [0.2, 0.25) is 0 Å². The summed E-state index contributed by atoms with van der Waals surface area (Å²) in [5, 5.41) is 5.86. The number of hydrazine groups is 2. The second kappa shape index (κ2) is 5.58. The van der Waals surface area contributed by atoms with E-state index in [9.17, 15) is 4.79 Å². The second-order valence-electron chi connectivity index (χ2n) is 3.94. The van der Waals surface area contributed by atoms with Crippen LogP contribution in [0, 0.1) is 0 Å². The van der Waals surface area contributed by atoms with Crippen LogP contribution in [-0.4, -0.2) is 73.6 Å². The first-order valence-corrected chi connectivity index (χ1v) is 5.75. The lowest BCUT2D eigenvalue weighted by Gasteiger charge is -2.44. The van der Waals surface area contributed by atoms with Crippen molar-refractivity contribution in [2.45, 2.75) is 6.92 Å². The third-order valence-electron chi connectivity index (χ3n) is 2.79. The molecule has 2 rings (SSSR count). The monoisotopic (exact) mass is 229 g/mol. The SMILES string of the molecule is CC(=O)N(N1CCOCC1)N1CCOCC1. The molecule has 0 bridgehead atoms. The molecule has 2 fully saturated rings. The van der Waals surface area contributed by atoms with Crippen molar-refractivity contribution in [1.29, 1.82) is 0 Å². The van der Waals surface area contributed by atoms with E-state index in [2.05, 4.69) is 10.0 Å². The molecule has 0 aromatic heterocycles. The Kier molecular flexibility index (Phi) is 4.11. The number of amides is 1. The van der Waals surface area contributed by atoms with Crippen LogP contribution < -0.4 is 0 Å². The van der Waals surface area contributed by atoms with E-state index in [1.807, 2.05) is 0 Å². The van der Waals surface area contributed by atoms with Gasteiger partial charge in [0.2, 0.25) is 5.91 Å². The average molecular weight is 229 g/mol. The Balaban J connectivity index is 1.99. The molecule has 2 heterocycles. The lowest BCUT2D eigenvalue weighted by Crippen LogP contribution is -2.60. The molecule has 0 atom stereocenters. The van der Waals surface area contributed by atoms with Crippen LogP contribution in [0.3, 0.4) is 0 Å². The van der Waals surface area contributed by atoms with Crippen LogP contribution in [0.25, 0.3) is 0 Å². The van der Waals surface area contributed by atoms with Gasteiger partial charge in [0.25, 0.3) is 0 Å². The van der Waals surface area contributed by atoms with Gasteiger partial charge >= 0.3 is 0 Å². The number of ether oxygens (including phenoxy) is 2. The van der Waals surface area contributed by atoms with Crippen LogP contribution >= 0.6 is 0 Å². The molecule has 1 amide bonds. The number of hydrogen-bond donors (Lipinski definition) is 0. The van der Waals surface area contributed by atoms with Gasteiger partial charge in [-0.15, -0.1) is 0 Å². The zero-order valence-corrected chi connectivity index (χ0v) is 9.72. The van der Waals surface area contributed by atoms with E-state index in [0.29, 0.717) is 26.4 Å². The predicted molar refractivity (Wildman–Crippen MR) is 57.3 cm³/mol. The molecular weight excluding hydrogens is 210 g/mol. The van der Waals surface area contributed by atoms with Gasteiger partial charge in [0.15, 0.2) is 0 Å². The highest BCUT2D eigenvalue weighted by Crippen LogP contribution is 2.10. The molecule has 0 aromatic carbocycles. The molecule has 0 saturated carbocycles. The summed E-state index contributed by atoms with van der Waals surface area (Å²) in [5.41, 5.74) is 0. The maximum Gasteiger partial charge on any atom is 0.248 e. The van der Waals surface area contributed by atoms with Crippen molar-refractivity contribution in [2.75, 3.05) is 52.6 Å². The molecule has 0 radical (unpaired) electrons. The van der Waals surface area contributed by atoms with E-state index < -0.39 is 0 Å². The molecule has 16 heavy (non-hydrogen) atoms. The van der Waals surface area contributed by atoms with E-state index in [1.165, 1.54) is 0 Å². The van der Waals surface area contributed by atoms with E-state index >= 15 is 0 Å². The Hall–Kier alpha value is -0.690. The van der Waals surface area contributed by atoms with Gasteiger partial charge in [0.05, 0.1) is 26.4 Å². The summed E-state index contributed by atoms with van der Waals surface area (Å²) < 4.78 is 10.6. The van der Waals surface area contributed by atoms with Crippen molar-refractivity contribution in [3.8, 4) is 0 Å². The summed E-state index contributed by atoms with van der Waals surface area (Å²) in [6.07, 6.45) is 0. The number of carbonyl (C=O) groups is 1. The van der Waals surface area contributed by atoms with Gasteiger partial charge in [-0.1, -0.05) is 0 Å². The smallest absolute Gasteiger partial charge is 0.248 e. The highest BCUT2D eigenvalue weighted by Gasteiger charge is 2.27. The zero-order valence-electron chi connectivity index (χ0n) is 9.72. The quantitative estimate of drug-likeness (QED) is 0.628. The third kappa shape index (κ3) is 2.70. The fraction of sp³-hybridized carbons (Fsp3) is 0.900. The van der Waals surface area contributed by atoms with Gasteiger partial charge in [0, 0.05) is 33.1 Å². The normalized spacial score (nSPS) is 24.3. The number of morpholine rings is 2. The number of carbonyl (C=O) groups excluding carboxylic acids is 1.